The Morgan fingerprint density at radius 1 is 0.909 bits per heavy atom. The number of rotatable bonds is 6. The summed E-state index contributed by atoms with van der Waals surface area (Å²) in [7, 11) is 2.67. The van der Waals surface area contributed by atoms with Gasteiger partial charge < -0.3 is 9.84 Å². The molecule has 2 aliphatic heterocycles. The molecule has 8 rings (SSSR count). The molecule has 55 heavy (non-hydrogen) atoms. The number of imide groups is 2. The number of hydrazine groups is 1. The Kier molecular flexibility index (Phi) is 8.73. The Bertz CT molecular complexity index is 2320. The van der Waals surface area contributed by atoms with E-state index in [9.17, 15) is 32.7 Å². The number of benzene rings is 3. The van der Waals surface area contributed by atoms with E-state index in [4.69, 9.17) is 27.9 Å². The van der Waals surface area contributed by atoms with Crippen molar-refractivity contribution in [3.63, 3.8) is 0 Å². The van der Waals surface area contributed by atoms with E-state index in [0.29, 0.717) is 33.5 Å². The summed E-state index contributed by atoms with van der Waals surface area (Å²) in [5, 5.41) is 13.4. The number of methoxy groups -OCH3 is 1. The molecule has 4 aliphatic rings. The van der Waals surface area contributed by atoms with Gasteiger partial charge in [0.25, 0.3) is 11.8 Å². The molecule has 1 N–H and O–H groups in total. The second-order valence-corrected chi connectivity index (χ2v) is 14.9. The van der Waals surface area contributed by atoms with Gasteiger partial charge in [-0.1, -0.05) is 77.3 Å². The van der Waals surface area contributed by atoms with E-state index < -0.39 is 76.3 Å². The number of phenols is 1. The molecule has 6 unspecified atom stereocenters. The summed E-state index contributed by atoms with van der Waals surface area (Å²) >= 11 is 12.7. The summed E-state index contributed by atoms with van der Waals surface area (Å²) in [5.74, 6) is -7.85. The summed E-state index contributed by atoms with van der Waals surface area (Å²) < 4.78 is 46.4. The number of alkyl halides is 3. The molecule has 6 atom stereocenters. The van der Waals surface area contributed by atoms with Crippen LogP contribution in [0.5, 0.6) is 11.5 Å². The van der Waals surface area contributed by atoms with Gasteiger partial charge in [0.2, 0.25) is 11.8 Å². The van der Waals surface area contributed by atoms with Crippen LogP contribution in [0.15, 0.2) is 96.6 Å². The van der Waals surface area contributed by atoms with Gasteiger partial charge >= 0.3 is 6.18 Å². The van der Waals surface area contributed by atoms with E-state index in [1.807, 2.05) is 0 Å². The number of hydrogen-bond acceptors (Lipinski definition) is 8. The Hall–Kier alpha value is -5.40. The lowest BCUT2D eigenvalue weighted by Crippen LogP contribution is -2.53. The molecule has 4 amide bonds. The Balaban J connectivity index is 1.31. The molecule has 2 saturated heterocycles. The van der Waals surface area contributed by atoms with E-state index >= 15 is 4.79 Å². The van der Waals surface area contributed by atoms with Gasteiger partial charge in [0, 0.05) is 29.6 Å². The van der Waals surface area contributed by atoms with Crippen LogP contribution in [0.3, 0.4) is 0 Å². The molecule has 0 bridgehead atoms. The predicted molar refractivity (Wildman–Crippen MR) is 195 cm³/mol. The molecule has 3 heterocycles. The number of aromatic hydroxyl groups is 1. The number of allylic oxidation sites excluding steroid dienone is 2. The standard InChI is InChI=1S/C40H31Cl2F3N4O6/c1-47(34-29(42)15-16-31(46-34)40(43,44)45)49-35(51)26-14-13-24-27(32(26)37(49)53)19-28-36(52)48(22-10-6-9-21(41)17-22)38(54)39(28,20-7-4-3-5-8-20)33(24)25-12-11-23(55-2)18-30(25)50/h3-13,15-18,26-28,32-33,50H,14,19H2,1-2H3. The highest BCUT2D eigenvalue weighted by Gasteiger charge is 2.70. The monoisotopic (exact) mass is 790 g/mol. The van der Waals surface area contributed by atoms with Crippen LogP contribution in [0.4, 0.5) is 24.7 Å². The number of nitrogens with zero attached hydrogens (tertiary/aromatic N) is 4. The van der Waals surface area contributed by atoms with Gasteiger partial charge in [-0.2, -0.15) is 18.2 Å². The van der Waals surface area contributed by atoms with Gasteiger partial charge in [0.1, 0.15) is 17.2 Å². The molecule has 3 aromatic carbocycles. The number of halogens is 5. The minimum atomic E-state index is -4.83. The highest BCUT2D eigenvalue weighted by atomic mass is 35.5. The molecule has 0 spiro atoms. The van der Waals surface area contributed by atoms with Gasteiger partial charge in [-0.3, -0.25) is 24.2 Å². The van der Waals surface area contributed by atoms with Crippen LogP contribution in [-0.2, 0) is 30.8 Å². The number of hydrogen-bond donors (Lipinski definition) is 1. The predicted octanol–water partition coefficient (Wildman–Crippen LogP) is 7.34. The van der Waals surface area contributed by atoms with Crippen LogP contribution in [0, 0.1) is 23.7 Å². The number of ether oxygens (including phenoxy) is 1. The van der Waals surface area contributed by atoms with Gasteiger partial charge in [0.05, 0.1) is 41.0 Å². The summed E-state index contributed by atoms with van der Waals surface area (Å²) in [6, 6.07) is 21.5. The highest BCUT2D eigenvalue weighted by Crippen LogP contribution is 2.65. The zero-order valence-electron chi connectivity index (χ0n) is 29.1. The summed E-state index contributed by atoms with van der Waals surface area (Å²) in [4.78, 5) is 63.8. The quantitative estimate of drug-likeness (QED) is 0.159. The lowest BCUT2D eigenvalue weighted by Gasteiger charge is -2.50. The number of amides is 4. The fraction of sp³-hybridized carbons (Fsp3) is 0.275. The topological polar surface area (TPSA) is 120 Å². The molecule has 15 heteroatoms. The van der Waals surface area contributed by atoms with E-state index in [0.717, 1.165) is 21.0 Å². The smallest absolute Gasteiger partial charge is 0.433 e. The second kappa shape index (κ2) is 13.1. The Morgan fingerprint density at radius 2 is 1.65 bits per heavy atom. The van der Waals surface area contributed by atoms with Gasteiger partial charge in [0.15, 0.2) is 5.82 Å². The van der Waals surface area contributed by atoms with Crippen LogP contribution in [-0.4, -0.2) is 52.9 Å². The van der Waals surface area contributed by atoms with Crippen molar-refractivity contribution in [1.82, 2.24) is 9.99 Å². The van der Waals surface area contributed by atoms with E-state index in [-0.39, 0.29) is 29.3 Å². The van der Waals surface area contributed by atoms with Crippen molar-refractivity contribution in [2.24, 2.45) is 23.7 Å². The number of anilines is 2. The molecular weight excluding hydrogens is 760 g/mol. The molecule has 0 radical (unpaired) electrons. The van der Waals surface area contributed by atoms with Crippen LogP contribution in [0.25, 0.3) is 0 Å². The lowest BCUT2D eigenvalue weighted by molar-refractivity contribution is -0.141. The summed E-state index contributed by atoms with van der Waals surface area (Å²) in [6.07, 6.45) is -3.05. The Labute approximate surface area is 322 Å². The minimum absolute atomic E-state index is 0.0261. The fourth-order valence-corrected chi connectivity index (χ4v) is 9.58. The molecule has 2 aliphatic carbocycles. The molecule has 282 valence electrons. The zero-order valence-corrected chi connectivity index (χ0v) is 30.6. The first-order chi connectivity index (χ1) is 26.2. The van der Waals surface area contributed by atoms with Crippen molar-refractivity contribution >= 4 is 58.3 Å². The third-order valence-corrected chi connectivity index (χ3v) is 11.9. The van der Waals surface area contributed by atoms with Crippen molar-refractivity contribution < 1.29 is 42.2 Å². The third kappa shape index (κ3) is 5.42. The minimum Gasteiger partial charge on any atom is -0.508 e. The van der Waals surface area contributed by atoms with Crippen molar-refractivity contribution in [2.75, 3.05) is 24.1 Å². The van der Waals surface area contributed by atoms with Crippen LogP contribution in [0.1, 0.15) is 35.6 Å². The molecule has 3 fully saturated rings. The maximum Gasteiger partial charge on any atom is 0.433 e. The normalized spacial score (nSPS) is 26.1. The van der Waals surface area contributed by atoms with Crippen LogP contribution in [0.2, 0.25) is 10.0 Å². The molecule has 1 aromatic heterocycles. The second-order valence-electron chi connectivity index (χ2n) is 14.0. The molecule has 10 nitrogen and oxygen atoms in total. The first kappa shape index (κ1) is 36.6. The maximum absolute atomic E-state index is 15.3. The largest absolute Gasteiger partial charge is 0.508 e. The van der Waals surface area contributed by atoms with Crippen molar-refractivity contribution in [3.05, 3.63) is 123 Å². The number of carbonyl (C=O) groups excluding carboxylic acids is 4. The number of aromatic nitrogens is 1. The molecule has 1 saturated carbocycles. The number of phenolic OH excluding ortho intramolecular Hbond substituents is 1. The Morgan fingerprint density at radius 3 is 2.33 bits per heavy atom. The van der Waals surface area contributed by atoms with E-state index in [1.54, 1.807) is 66.7 Å². The average molecular weight is 792 g/mol. The van der Waals surface area contributed by atoms with Crippen LogP contribution < -0.4 is 14.6 Å². The average Bonchev–Trinajstić information content (AvgIpc) is 3.55. The summed E-state index contributed by atoms with van der Waals surface area (Å²) in [5.41, 5.74) is -1.30. The SMILES string of the molecule is COc1ccc(C2C3=CCC4C(=O)N(N(C)c5nc(C(F)(F)F)ccc5Cl)C(=O)C4C3CC3C(=O)N(c4cccc(Cl)c4)C(=O)C32c2ccccc2)c(O)c1. The molecular formula is C40H31Cl2F3N4O6. The first-order valence-electron chi connectivity index (χ1n) is 17.3. The third-order valence-electron chi connectivity index (χ3n) is 11.4. The number of fused-ring (bicyclic) bond motifs is 4. The van der Waals surface area contributed by atoms with Gasteiger partial charge in [-0.25, -0.2) is 9.88 Å². The van der Waals surface area contributed by atoms with Crippen molar-refractivity contribution in [1.29, 1.82) is 0 Å². The maximum atomic E-state index is 15.3. The fourth-order valence-electron chi connectivity index (χ4n) is 9.17. The van der Waals surface area contributed by atoms with Gasteiger partial charge in [-0.05, 0) is 60.7 Å². The summed E-state index contributed by atoms with van der Waals surface area (Å²) in [6.45, 7) is 0. The number of carbonyl (C=O) groups is 4. The molecule has 4 aromatic rings. The first-order valence-corrected chi connectivity index (χ1v) is 18.1. The zero-order chi connectivity index (χ0) is 39.1. The van der Waals surface area contributed by atoms with Gasteiger partial charge in [-0.15, -0.1) is 0 Å². The van der Waals surface area contributed by atoms with Crippen molar-refractivity contribution in [2.45, 2.75) is 30.4 Å². The van der Waals surface area contributed by atoms with E-state index in [2.05, 4.69) is 4.98 Å². The highest BCUT2D eigenvalue weighted by molar-refractivity contribution is 6.33. The van der Waals surface area contributed by atoms with Crippen LogP contribution >= 0.6 is 23.2 Å². The number of pyridine rings is 1. The lowest BCUT2D eigenvalue weighted by atomic mass is 9.49. The van der Waals surface area contributed by atoms with Crippen molar-refractivity contribution in [3.8, 4) is 11.5 Å². The van der Waals surface area contributed by atoms with E-state index in [1.165, 1.54) is 26.3 Å².